The first-order valence-corrected chi connectivity index (χ1v) is 10.7. The van der Waals surface area contributed by atoms with Crippen LogP contribution in [0.3, 0.4) is 0 Å². The van der Waals surface area contributed by atoms with E-state index in [-0.39, 0.29) is 25.0 Å². The van der Waals surface area contributed by atoms with Gasteiger partial charge in [-0.25, -0.2) is 4.79 Å². The van der Waals surface area contributed by atoms with E-state index in [0.29, 0.717) is 5.56 Å². The Labute approximate surface area is 205 Å². The molecule has 0 saturated carbocycles. The molecule has 4 atom stereocenters. The Hall–Kier alpha value is -4.24. The lowest BCUT2D eigenvalue weighted by molar-refractivity contribution is -0.143. The molecule has 0 aromatic heterocycles. The number of benzene rings is 1. The Morgan fingerprint density at radius 1 is 0.806 bits per heavy atom. The first-order chi connectivity index (χ1) is 16.8. The third kappa shape index (κ3) is 10.4. The molecule has 0 aliphatic rings. The number of primary amides is 2. The van der Waals surface area contributed by atoms with Gasteiger partial charge in [0.1, 0.15) is 23.9 Å². The van der Waals surface area contributed by atoms with E-state index in [0.717, 1.165) is 0 Å². The first-order valence-electron chi connectivity index (χ1n) is 10.7. The summed E-state index contributed by atoms with van der Waals surface area (Å²) in [6.07, 6.45) is -1.19. The zero-order valence-corrected chi connectivity index (χ0v) is 19.2. The standard InChI is InChI=1S/C21H30N6O9/c22-12(5-6-16(23)30)18(32)25-14(8-17(24)31)20(34)26-13(7-10-1-3-11(29)4-2-10)19(33)27-15(9-28)21(35)36/h1-4,12-15,28-29H,5-9,22H2,(H2,23,30)(H2,24,31)(H,25,32)(H,26,34)(H,27,33)(H,35,36). The smallest absolute Gasteiger partial charge is 0.328 e. The van der Waals surface area contributed by atoms with Crippen molar-refractivity contribution in [3.05, 3.63) is 29.8 Å². The van der Waals surface area contributed by atoms with Gasteiger partial charge in [-0.2, -0.15) is 0 Å². The number of phenols is 1. The van der Waals surface area contributed by atoms with E-state index in [1.165, 1.54) is 24.3 Å². The van der Waals surface area contributed by atoms with Gasteiger partial charge in [0.2, 0.25) is 29.5 Å². The minimum atomic E-state index is -1.67. The molecule has 0 aliphatic carbocycles. The number of hydrogen-bond donors (Lipinski definition) is 9. The molecule has 5 amide bonds. The molecular formula is C21H30N6O9. The molecule has 0 aliphatic heterocycles. The van der Waals surface area contributed by atoms with E-state index >= 15 is 0 Å². The maximum atomic E-state index is 12.9. The number of aliphatic carboxylic acids is 1. The number of nitrogens with one attached hydrogen (secondary N) is 3. The molecule has 0 radical (unpaired) electrons. The molecule has 1 rings (SSSR count). The second-order valence-electron chi connectivity index (χ2n) is 7.86. The zero-order valence-electron chi connectivity index (χ0n) is 19.2. The van der Waals surface area contributed by atoms with Crippen LogP contribution in [0.4, 0.5) is 0 Å². The summed E-state index contributed by atoms with van der Waals surface area (Å²) in [5, 5.41) is 34.4. The Kier molecular flexibility index (Phi) is 11.8. The van der Waals surface area contributed by atoms with Gasteiger partial charge in [0.05, 0.1) is 19.1 Å². The van der Waals surface area contributed by atoms with Crippen molar-refractivity contribution < 1.29 is 44.1 Å². The van der Waals surface area contributed by atoms with E-state index in [1.54, 1.807) is 0 Å². The van der Waals surface area contributed by atoms with Crippen molar-refractivity contribution >= 4 is 35.5 Å². The van der Waals surface area contributed by atoms with Crippen molar-refractivity contribution in [1.82, 2.24) is 16.0 Å². The number of rotatable bonds is 15. The van der Waals surface area contributed by atoms with Crippen LogP contribution in [0.5, 0.6) is 5.75 Å². The van der Waals surface area contributed by atoms with Crippen molar-refractivity contribution in [2.45, 2.75) is 49.9 Å². The Morgan fingerprint density at radius 3 is 1.83 bits per heavy atom. The molecule has 12 N–H and O–H groups in total. The predicted octanol–water partition coefficient (Wildman–Crippen LogP) is -4.07. The average molecular weight is 511 g/mol. The summed E-state index contributed by atoms with van der Waals surface area (Å²) in [7, 11) is 0. The fourth-order valence-corrected chi connectivity index (χ4v) is 2.93. The minimum Gasteiger partial charge on any atom is -0.508 e. The van der Waals surface area contributed by atoms with E-state index < -0.39 is 72.7 Å². The highest BCUT2D eigenvalue weighted by Crippen LogP contribution is 2.12. The number of aromatic hydroxyl groups is 1. The normalized spacial score (nSPS) is 13.9. The molecule has 0 heterocycles. The second kappa shape index (κ2) is 14.2. The second-order valence-corrected chi connectivity index (χ2v) is 7.86. The van der Waals surface area contributed by atoms with Crippen LogP contribution in [0, 0.1) is 0 Å². The lowest BCUT2D eigenvalue weighted by Crippen LogP contribution is -2.58. The van der Waals surface area contributed by atoms with Gasteiger partial charge in [0.25, 0.3) is 0 Å². The van der Waals surface area contributed by atoms with Gasteiger partial charge < -0.3 is 48.5 Å². The summed E-state index contributed by atoms with van der Waals surface area (Å²) in [6, 6.07) is -0.346. The SMILES string of the molecule is NC(=O)CCC(N)C(=O)NC(CC(N)=O)C(=O)NC(Cc1ccc(O)cc1)C(=O)NC(CO)C(=O)O. The molecule has 4 unspecified atom stereocenters. The molecule has 0 bridgehead atoms. The maximum Gasteiger partial charge on any atom is 0.328 e. The number of aliphatic hydroxyl groups is 1. The number of hydrogen-bond acceptors (Lipinski definition) is 9. The van der Waals surface area contributed by atoms with Crippen molar-refractivity contribution in [3.63, 3.8) is 0 Å². The van der Waals surface area contributed by atoms with Crippen LogP contribution in [0.2, 0.25) is 0 Å². The van der Waals surface area contributed by atoms with Crippen molar-refractivity contribution in [2.75, 3.05) is 6.61 Å². The van der Waals surface area contributed by atoms with Crippen LogP contribution < -0.4 is 33.2 Å². The Morgan fingerprint density at radius 2 is 1.33 bits per heavy atom. The van der Waals surface area contributed by atoms with Crippen LogP contribution in [0.1, 0.15) is 24.8 Å². The molecular weight excluding hydrogens is 480 g/mol. The van der Waals surface area contributed by atoms with Crippen molar-refractivity contribution in [1.29, 1.82) is 0 Å². The van der Waals surface area contributed by atoms with E-state index in [2.05, 4.69) is 16.0 Å². The zero-order chi connectivity index (χ0) is 27.4. The minimum absolute atomic E-state index is 0.0630. The molecule has 0 fully saturated rings. The summed E-state index contributed by atoms with van der Waals surface area (Å²) in [6.45, 7) is -0.926. The fraction of sp³-hybridized carbons (Fsp3) is 0.429. The van der Waals surface area contributed by atoms with Gasteiger partial charge in [-0.1, -0.05) is 12.1 Å². The van der Waals surface area contributed by atoms with Crippen LogP contribution in [-0.2, 0) is 35.2 Å². The lowest BCUT2D eigenvalue weighted by atomic mass is 10.0. The monoisotopic (exact) mass is 510 g/mol. The number of carbonyl (C=O) groups is 6. The third-order valence-electron chi connectivity index (χ3n) is 4.88. The topological polar surface area (TPSA) is 277 Å². The quantitative estimate of drug-likeness (QED) is 0.110. The van der Waals surface area contributed by atoms with Gasteiger partial charge in [-0.15, -0.1) is 0 Å². The average Bonchev–Trinajstić information content (AvgIpc) is 2.80. The van der Waals surface area contributed by atoms with E-state index in [1.807, 2.05) is 0 Å². The largest absolute Gasteiger partial charge is 0.508 e. The highest BCUT2D eigenvalue weighted by Gasteiger charge is 2.31. The Balaban J connectivity index is 3.10. The first kappa shape index (κ1) is 29.8. The number of nitrogens with two attached hydrogens (primary N) is 3. The van der Waals surface area contributed by atoms with Crippen LogP contribution in [-0.4, -0.2) is 81.6 Å². The van der Waals surface area contributed by atoms with Gasteiger partial charge in [-0.3, -0.25) is 24.0 Å². The third-order valence-corrected chi connectivity index (χ3v) is 4.88. The number of carbonyl (C=O) groups excluding carboxylic acids is 5. The van der Waals surface area contributed by atoms with Gasteiger partial charge >= 0.3 is 5.97 Å². The number of phenolic OH excluding ortho intramolecular Hbond substituents is 1. The van der Waals surface area contributed by atoms with E-state index in [9.17, 15) is 39.0 Å². The molecule has 1 aromatic carbocycles. The van der Waals surface area contributed by atoms with Crippen molar-refractivity contribution in [3.8, 4) is 5.75 Å². The fourth-order valence-electron chi connectivity index (χ4n) is 2.93. The molecule has 36 heavy (non-hydrogen) atoms. The molecule has 15 nitrogen and oxygen atoms in total. The van der Waals surface area contributed by atoms with Crippen LogP contribution >= 0.6 is 0 Å². The van der Waals surface area contributed by atoms with Gasteiger partial charge in [0.15, 0.2) is 0 Å². The van der Waals surface area contributed by atoms with Gasteiger partial charge in [0, 0.05) is 12.8 Å². The van der Waals surface area contributed by atoms with E-state index in [4.69, 9.17) is 22.3 Å². The number of aliphatic hydroxyl groups excluding tert-OH is 1. The molecule has 198 valence electrons. The summed E-state index contributed by atoms with van der Waals surface area (Å²) in [5.41, 5.74) is 16.3. The lowest BCUT2D eigenvalue weighted by Gasteiger charge is -2.24. The molecule has 15 heteroatoms. The molecule has 0 saturated heterocycles. The predicted molar refractivity (Wildman–Crippen MR) is 123 cm³/mol. The summed E-state index contributed by atoms with van der Waals surface area (Å²) < 4.78 is 0. The van der Waals surface area contributed by atoms with Crippen LogP contribution in [0.15, 0.2) is 24.3 Å². The highest BCUT2D eigenvalue weighted by atomic mass is 16.4. The molecule has 1 aromatic rings. The van der Waals surface area contributed by atoms with Crippen molar-refractivity contribution in [2.24, 2.45) is 17.2 Å². The number of amides is 5. The number of carboxylic acids is 1. The maximum absolute atomic E-state index is 12.9. The molecule has 0 spiro atoms. The van der Waals surface area contributed by atoms with Gasteiger partial charge in [-0.05, 0) is 24.1 Å². The Bertz CT molecular complexity index is 969. The summed E-state index contributed by atoms with van der Waals surface area (Å²) in [4.78, 5) is 71.6. The summed E-state index contributed by atoms with van der Waals surface area (Å²) >= 11 is 0. The number of carboxylic acid groups (broad SMARTS) is 1. The summed E-state index contributed by atoms with van der Waals surface area (Å²) in [5.74, 6) is -6.14. The highest BCUT2D eigenvalue weighted by molar-refractivity contribution is 5.96. The van der Waals surface area contributed by atoms with Crippen LogP contribution in [0.25, 0.3) is 0 Å².